The summed E-state index contributed by atoms with van der Waals surface area (Å²) in [5.74, 6) is 0.194. The SMILES string of the molecule is CC(C)(CCC(=O)O)NC(=O)Nc1ccc(Cl)c(-n2nnnc2C2CC2)c1. The van der Waals surface area contributed by atoms with Crippen LogP contribution in [0.25, 0.3) is 5.69 Å². The lowest BCUT2D eigenvalue weighted by atomic mass is 9.99. The first-order valence-electron chi connectivity index (χ1n) is 8.64. The number of carbonyl (C=O) groups excluding carboxylic acids is 1. The molecular formula is C17H21ClN6O3. The van der Waals surface area contributed by atoms with Gasteiger partial charge in [0, 0.05) is 23.6 Å². The topological polar surface area (TPSA) is 122 Å². The summed E-state index contributed by atoms with van der Waals surface area (Å²) in [5.41, 5.74) is 0.455. The summed E-state index contributed by atoms with van der Waals surface area (Å²) < 4.78 is 1.60. The number of hydrogen-bond acceptors (Lipinski definition) is 5. The summed E-state index contributed by atoms with van der Waals surface area (Å²) in [7, 11) is 0. The van der Waals surface area contributed by atoms with Gasteiger partial charge in [-0.15, -0.1) is 5.10 Å². The molecule has 0 saturated heterocycles. The van der Waals surface area contributed by atoms with Crippen LogP contribution in [0, 0.1) is 0 Å². The molecule has 0 unspecified atom stereocenters. The quantitative estimate of drug-likeness (QED) is 0.665. The Morgan fingerprint density at radius 2 is 2.11 bits per heavy atom. The van der Waals surface area contributed by atoms with E-state index in [0.29, 0.717) is 28.7 Å². The molecule has 1 saturated carbocycles. The van der Waals surface area contributed by atoms with Crippen molar-refractivity contribution in [3.8, 4) is 5.69 Å². The van der Waals surface area contributed by atoms with Gasteiger partial charge in [-0.3, -0.25) is 4.79 Å². The first kappa shape index (κ1) is 19.1. The van der Waals surface area contributed by atoms with E-state index in [9.17, 15) is 9.59 Å². The number of urea groups is 1. The molecule has 1 fully saturated rings. The molecule has 0 atom stereocenters. The Morgan fingerprint density at radius 3 is 2.78 bits per heavy atom. The molecule has 1 heterocycles. The zero-order valence-corrected chi connectivity index (χ0v) is 15.8. The minimum Gasteiger partial charge on any atom is -0.481 e. The predicted octanol–water partition coefficient (Wildman–Crippen LogP) is 2.96. The van der Waals surface area contributed by atoms with Crippen molar-refractivity contribution in [2.24, 2.45) is 0 Å². The van der Waals surface area contributed by atoms with Gasteiger partial charge in [0.05, 0.1) is 10.7 Å². The lowest BCUT2D eigenvalue weighted by molar-refractivity contribution is -0.137. The number of amides is 2. The number of tetrazole rings is 1. The Balaban J connectivity index is 1.71. The van der Waals surface area contributed by atoms with E-state index in [1.54, 1.807) is 36.7 Å². The third-order valence-corrected chi connectivity index (χ3v) is 4.60. The Morgan fingerprint density at radius 1 is 1.37 bits per heavy atom. The van der Waals surface area contributed by atoms with Crippen LogP contribution in [0.4, 0.5) is 10.5 Å². The number of halogens is 1. The first-order chi connectivity index (χ1) is 12.7. The summed E-state index contributed by atoms with van der Waals surface area (Å²) in [6.45, 7) is 3.54. The molecule has 2 aromatic rings. The van der Waals surface area contributed by atoms with E-state index in [-0.39, 0.29) is 6.42 Å². The van der Waals surface area contributed by atoms with Crippen LogP contribution >= 0.6 is 11.6 Å². The van der Waals surface area contributed by atoms with Crippen LogP contribution in [0.1, 0.15) is 51.3 Å². The normalized spacial score (nSPS) is 14.0. The highest BCUT2D eigenvalue weighted by Crippen LogP contribution is 2.40. The van der Waals surface area contributed by atoms with Gasteiger partial charge in [0.2, 0.25) is 0 Å². The van der Waals surface area contributed by atoms with Crippen LogP contribution in [-0.4, -0.2) is 42.9 Å². The standard InChI is InChI=1S/C17H21ClN6O3/c1-17(2,8-7-14(25)26)20-16(27)19-11-5-6-12(18)13(9-11)24-15(10-3-4-10)21-22-23-24/h5-6,9-10H,3-4,7-8H2,1-2H3,(H,25,26)(H2,19,20,27). The highest BCUT2D eigenvalue weighted by Gasteiger charge is 2.30. The summed E-state index contributed by atoms with van der Waals surface area (Å²) >= 11 is 6.30. The van der Waals surface area contributed by atoms with Crippen LogP contribution in [0.3, 0.4) is 0 Å². The molecule has 2 amide bonds. The Bertz CT molecular complexity index is 862. The van der Waals surface area contributed by atoms with E-state index in [2.05, 4.69) is 26.2 Å². The maximum atomic E-state index is 12.3. The number of carbonyl (C=O) groups is 2. The molecule has 1 aromatic carbocycles. The van der Waals surface area contributed by atoms with Crippen molar-refractivity contribution in [1.82, 2.24) is 25.5 Å². The zero-order valence-electron chi connectivity index (χ0n) is 15.1. The summed E-state index contributed by atoms with van der Waals surface area (Å²) in [6.07, 6.45) is 2.38. The van der Waals surface area contributed by atoms with E-state index >= 15 is 0 Å². The lowest BCUT2D eigenvalue weighted by Gasteiger charge is -2.25. The number of benzene rings is 1. The summed E-state index contributed by atoms with van der Waals surface area (Å²) in [4.78, 5) is 23.0. The van der Waals surface area contributed by atoms with Crippen LogP contribution in [0.2, 0.25) is 5.02 Å². The van der Waals surface area contributed by atoms with E-state index in [1.807, 2.05) is 0 Å². The maximum absolute atomic E-state index is 12.3. The van der Waals surface area contributed by atoms with E-state index in [0.717, 1.165) is 18.7 Å². The molecule has 10 heteroatoms. The molecule has 1 aromatic heterocycles. The molecule has 1 aliphatic rings. The Kier molecular flexibility index (Phi) is 5.31. The Labute approximate surface area is 161 Å². The fourth-order valence-corrected chi connectivity index (χ4v) is 2.86. The van der Waals surface area contributed by atoms with Gasteiger partial charge in [0.25, 0.3) is 0 Å². The molecule has 0 radical (unpaired) electrons. The third kappa shape index (κ3) is 4.94. The first-order valence-corrected chi connectivity index (χ1v) is 9.02. The van der Waals surface area contributed by atoms with Crippen molar-refractivity contribution in [3.63, 3.8) is 0 Å². The van der Waals surface area contributed by atoms with Gasteiger partial charge in [-0.2, -0.15) is 4.68 Å². The van der Waals surface area contributed by atoms with Crippen LogP contribution in [-0.2, 0) is 4.79 Å². The molecule has 144 valence electrons. The second-order valence-corrected chi connectivity index (χ2v) is 7.65. The average Bonchev–Trinajstić information content (AvgIpc) is 3.31. The van der Waals surface area contributed by atoms with Crippen molar-refractivity contribution < 1.29 is 14.7 Å². The number of anilines is 1. The number of carboxylic acids is 1. The van der Waals surface area contributed by atoms with Gasteiger partial charge < -0.3 is 15.7 Å². The lowest BCUT2D eigenvalue weighted by Crippen LogP contribution is -2.45. The number of nitrogens with one attached hydrogen (secondary N) is 2. The van der Waals surface area contributed by atoms with Gasteiger partial charge in [0.15, 0.2) is 5.82 Å². The molecule has 27 heavy (non-hydrogen) atoms. The smallest absolute Gasteiger partial charge is 0.319 e. The minimum atomic E-state index is -0.902. The van der Waals surface area contributed by atoms with Gasteiger partial charge >= 0.3 is 12.0 Å². The van der Waals surface area contributed by atoms with Gasteiger partial charge in [-0.05, 0) is 61.7 Å². The molecule has 3 rings (SSSR count). The van der Waals surface area contributed by atoms with Gasteiger partial charge in [-0.25, -0.2) is 4.79 Å². The average molecular weight is 393 g/mol. The second-order valence-electron chi connectivity index (χ2n) is 7.25. The highest BCUT2D eigenvalue weighted by atomic mass is 35.5. The van der Waals surface area contributed by atoms with Crippen molar-refractivity contribution in [3.05, 3.63) is 29.0 Å². The fraction of sp³-hybridized carbons (Fsp3) is 0.471. The monoisotopic (exact) mass is 392 g/mol. The number of aromatic nitrogens is 4. The number of aliphatic carboxylic acids is 1. The fourth-order valence-electron chi connectivity index (χ4n) is 2.67. The molecule has 0 aliphatic heterocycles. The number of rotatable bonds is 7. The number of carboxylic acid groups (broad SMARTS) is 1. The van der Waals surface area contributed by atoms with Crippen molar-refractivity contribution in [2.75, 3.05) is 5.32 Å². The van der Waals surface area contributed by atoms with Crippen LogP contribution < -0.4 is 10.6 Å². The zero-order chi connectivity index (χ0) is 19.6. The van der Waals surface area contributed by atoms with Gasteiger partial charge in [0.1, 0.15) is 0 Å². The molecular weight excluding hydrogens is 372 g/mol. The van der Waals surface area contributed by atoms with Crippen molar-refractivity contribution >= 4 is 29.3 Å². The second kappa shape index (κ2) is 7.51. The highest BCUT2D eigenvalue weighted by molar-refractivity contribution is 6.32. The summed E-state index contributed by atoms with van der Waals surface area (Å²) in [5, 5.41) is 26.6. The van der Waals surface area contributed by atoms with Crippen molar-refractivity contribution in [1.29, 1.82) is 0 Å². The maximum Gasteiger partial charge on any atom is 0.319 e. The van der Waals surface area contributed by atoms with E-state index < -0.39 is 17.5 Å². The molecule has 3 N–H and O–H groups in total. The number of hydrogen-bond donors (Lipinski definition) is 3. The Hall–Kier alpha value is -2.68. The molecule has 1 aliphatic carbocycles. The molecule has 0 spiro atoms. The summed E-state index contributed by atoms with van der Waals surface area (Å²) in [6, 6.07) is 4.61. The largest absolute Gasteiger partial charge is 0.481 e. The molecule has 9 nitrogen and oxygen atoms in total. The van der Waals surface area contributed by atoms with E-state index in [4.69, 9.17) is 16.7 Å². The molecule has 0 bridgehead atoms. The van der Waals surface area contributed by atoms with Crippen LogP contribution in [0.5, 0.6) is 0 Å². The van der Waals surface area contributed by atoms with Crippen LogP contribution in [0.15, 0.2) is 18.2 Å². The van der Waals surface area contributed by atoms with Crippen molar-refractivity contribution in [2.45, 2.75) is 51.0 Å². The third-order valence-electron chi connectivity index (χ3n) is 4.28. The minimum absolute atomic E-state index is 0.0262. The predicted molar refractivity (Wildman–Crippen MR) is 99.2 cm³/mol. The van der Waals surface area contributed by atoms with Gasteiger partial charge in [-0.1, -0.05) is 11.6 Å². The number of nitrogens with zero attached hydrogens (tertiary/aromatic N) is 4. The van der Waals surface area contributed by atoms with E-state index in [1.165, 1.54) is 0 Å².